The maximum Gasteiger partial charge on any atom is 0.0470 e. The number of benzene rings is 1. The van der Waals surface area contributed by atoms with Crippen molar-refractivity contribution in [2.45, 2.75) is 39.7 Å². The molecule has 1 aliphatic carbocycles. The van der Waals surface area contributed by atoms with Crippen LogP contribution in [-0.2, 0) is 5.54 Å². The zero-order chi connectivity index (χ0) is 10.6. The molecular formula is C13H19N. The van der Waals surface area contributed by atoms with E-state index < -0.39 is 0 Å². The van der Waals surface area contributed by atoms with Crippen LogP contribution in [-0.4, -0.2) is 0 Å². The minimum atomic E-state index is -0.0803. The number of hydrogen-bond donors (Lipinski definition) is 1. The minimum Gasteiger partial charge on any atom is -0.321 e. The van der Waals surface area contributed by atoms with Crippen molar-refractivity contribution in [1.82, 2.24) is 0 Å². The summed E-state index contributed by atoms with van der Waals surface area (Å²) in [6.45, 7) is 8.77. The third-order valence-electron chi connectivity index (χ3n) is 3.68. The van der Waals surface area contributed by atoms with Crippen LogP contribution < -0.4 is 5.73 Å². The van der Waals surface area contributed by atoms with Crippen LogP contribution in [0.1, 0.15) is 37.0 Å². The largest absolute Gasteiger partial charge is 0.321 e. The molecule has 1 aromatic carbocycles. The van der Waals surface area contributed by atoms with Gasteiger partial charge in [-0.1, -0.05) is 37.6 Å². The first kappa shape index (κ1) is 9.72. The zero-order valence-electron chi connectivity index (χ0n) is 9.52. The average molecular weight is 189 g/mol. The van der Waals surface area contributed by atoms with Gasteiger partial charge in [-0.25, -0.2) is 0 Å². The van der Waals surface area contributed by atoms with E-state index in [0.29, 0.717) is 0 Å². The lowest BCUT2D eigenvalue weighted by Crippen LogP contribution is -2.26. The summed E-state index contributed by atoms with van der Waals surface area (Å²) in [7, 11) is 0. The lowest BCUT2D eigenvalue weighted by atomic mass is 9.92. The highest BCUT2D eigenvalue weighted by Gasteiger charge is 2.59. The fourth-order valence-electron chi connectivity index (χ4n) is 2.33. The smallest absolute Gasteiger partial charge is 0.0470 e. The highest BCUT2D eigenvalue weighted by atomic mass is 14.9. The van der Waals surface area contributed by atoms with Crippen molar-refractivity contribution < 1.29 is 0 Å². The van der Waals surface area contributed by atoms with Crippen LogP contribution in [0.15, 0.2) is 18.2 Å². The van der Waals surface area contributed by atoms with E-state index in [4.69, 9.17) is 5.73 Å². The molecule has 2 rings (SSSR count). The van der Waals surface area contributed by atoms with Gasteiger partial charge in [0.05, 0.1) is 0 Å². The maximum absolute atomic E-state index is 6.42. The number of aryl methyl sites for hydroxylation is 2. The SMILES string of the molecule is Cc1ccc(C)c(C2(N)CC2(C)C)c1. The van der Waals surface area contributed by atoms with Crippen molar-refractivity contribution >= 4 is 0 Å². The molecule has 1 unspecified atom stereocenters. The molecule has 1 fully saturated rings. The van der Waals surface area contributed by atoms with Crippen LogP contribution in [0.2, 0.25) is 0 Å². The fraction of sp³-hybridized carbons (Fsp3) is 0.538. The predicted molar refractivity (Wildman–Crippen MR) is 60.2 cm³/mol. The van der Waals surface area contributed by atoms with Crippen LogP contribution in [0.4, 0.5) is 0 Å². The Morgan fingerprint density at radius 3 is 2.29 bits per heavy atom. The molecule has 1 nitrogen and oxygen atoms in total. The van der Waals surface area contributed by atoms with Gasteiger partial charge < -0.3 is 5.73 Å². The van der Waals surface area contributed by atoms with Gasteiger partial charge in [-0.2, -0.15) is 0 Å². The number of rotatable bonds is 1. The third-order valence-corrected chi connectivity index (χ3v) is 3.68. The molecule has 0 saturated heterocycles. The molecular weight excluding hydrogens is 170 g/mol. The molecule has 1 atom stereocenters. The summed E-state index contributed by atoms with van der Waals surface area (Å²) in [5.74, 6) is 0. The predicted octanol–water partition coefficient (Wildman–Crippen LogP) is 2.89. The summed E-state index contributed by atoms with van der Waals surface area (Å²) in [6, 6.07) is 6.56. The Morgan fingerprint density at radius 1 is 1.21 bits per heavy atom. The molecule has 0 amide bonds. The second-order valence-corrected chi connectivity index (χ2v) is 5.35. The van der Waals surface area contributed by atoms with Gasteiger partial charge >= 0.3 is 0 Å². The van der Waals surface area contributed by atoms with E-state index in [-0.39, 0.29) is 11.0 Å². The third kappa shape index (κ3) is 1.19. The first-order valence-electron chi connectivity index (χ1n) is 5.23. The normalized spacial score (nSPS) is 28.9. The highest BCUT2D eigenvalue weighted by molar-refractivity contribution is 5.42. The molecule has 2 N–H and O–H groups in total. The second-order valence-electron chi connectivity index (χ2n) is 5.35. The zero-order valence-corrected chi connectivity index (χ0v) is 9.52. The van der Waals surface area contributed by atoms with E-state index in [9.17, 15) is 0 Å². The standard InChI is InChI=1S/C13H19N/c1-9-5-6-10(2)11(7-9)13(14)8-12(13,3)4/h5-7H,8,14H2,1-4H3. The van der Waals surface area contributed by atoms with Gasteiger partial charge in [-0.15, -0.1) is 0 Å². The molecule has 0 aromatic heterocycles. The van der Waals surface area contributed by atoms with Crippen LogP contribution in [0.25, 0.3) is 0 Å². The quantitative estimate of drug-likeness (QED) is 0.722. The van der Waals surface area contributed by atoms with Crippen LogP contribution >= 0.6 is 0 Å². The Kier molecular flexibility index (Phi) is 1.81. The van der Waals surface area contributed by atoms with Crippen molar-refractivity contribution in [1.29, 1.82) is 0 Å². The molecule has 0 spiro atoms. The Labute approximate surface area is 86.3 Å². The molecule has 0 aliphatic heterocycles. The maximum atomic E-state index is 6.42. The van der Waals surface area contributed by atoms with Crippen molar-refractivity contribution in [2.24, 2.45) is 11.1 Å². The van der Waals surface area contributed by atoms with Crippen molar-refractivity contribution in [3.05, 3.63) is 34.9 Å². The van der Waals surface area contributed by atoms with E-state index >= 15 is 0 Å². The second kappa shape index (κ2) is 2.60. The van der Waals surface area contributed by atoms with E-state index in [1.807, 2.05) is 0 Å². The average Bonchev–Trinajstić information content (AvgIpc) is 2.58. The molecule has 0 bridgehead atoms. The monoisotopic (exact) mass is 189 g/mol. The highest BCUT2D eigenvalue weighted by Crippen LogP contribution is 2.60. The molecule has 76 valence electrons. The van der Waals surface area contributed by atoms with Gasteiger partial charge in [0, 0.05) is 5.54 Å². The molecule has 0 radical (unpaired) electrons. The Bertz CT molecular complexity index is 379. The molecule has 1 saturated carbocycles. The van der Waals surface area contributed by atoms with Crippen molar-refractivity contribution in [3.8, 4) is 0 Å². The summed E-state index contributed by atoms with van der Waals surface area (Å²) >= 11 is 0. The number of nitrogens with two attached hydrogens (primary N) is 1. The molecule has 14 heavy (non-hydrogen) atoms. The van der Waals surface area contributed by atoms with Crippen molar-refractivity contribution in [3.63, 3.8) is 0 Å². The van der Waals surface area contributed by atoms with E-state index in [1.165, 1.54) is 16.7 Å². The fourth-order valence-corrected chi connectivity index (χ4v) is 2.33. The van der Waals surface area contributed by atoms with Gasteiger partial charge in [0.15, 0.2) is 0 Å². The van der Waals surface area contributed by atoms with Gasteiger partial charge in [0.25, 0.3) is 0 Å². The first-order valence-corrected chi connectivity index (χ1v) is 5.23. The van der Waals surface area contributed by atoms with Crippen LogP contribution in [0.5, 0.6) is 0 Å². The Hall–Kier alpha value is -0.820. The van der Waals surface area contributed by atoms with E-state index in [1.54, 1.807) is 0 Å². The van der Waals surface area contributed by atoms with Crippen LogP contribution in [0, 0.1) is 19.3 Å². The number of hydrogen-bond acceptors (Lipinski definition) is 1. The molecule has 0 heterocycles. The molecule has 1 heteroatoms. The van der Waals surface area contributed by atoms with E-state index in [0.717, 1.165) is 6.42 Å². The van der Waals surface area contributed by atoms with Crippen LogP contribution in [0.3, 0.4) is 0 Å². The Morgan fingerprint density at radius 2 is 1.79 bits per heavy atom. The van der Waals surface area contributed by atoms with Gasteiger partial charge in [0.1, 0.15) is 0 Å². The molecule has 1 aliphatic rings. The Balaban J connectivity index is 2.48. The van der Waals surface area contributed by atoms with Crippen molar-refractivity contribution in [2.75, 3.05) is 0 Å². The summed E-state index contributed by atoms with van der Waals surface area (Å²) < 4.78 is 0. The van der Waals surface area contributed by atoms with Gasteiger partial charge in [-0.3, -0.25) is 0 Å². The summed E-state index contributed by atoms with van der Waals surface area (Å²) in [5, 5.41) is 0. The van der Waals surface area contributed by atoms with Gasteiger partial charge in [-0.05, 0) is 36.8 Å². The van der Waals surface area contributed by atoms with E-state index in [2.05, 4.69) is 45.9 Å². The lowest BCUT2D eigenvalue weighted by Gasteiger charge is -2.18. The summed E-state index contributed by atoms with van der Waals surface area (Å²) in [5.41, 5.74) is 10.6. The van der Waals surface area contributed by atoms with Gasteiger partial charge in [0.2, 0.25) is 0 Å². The topological polar surface area (TPSA) is 26.0 Å². The summed E-state index contributed by atoms with van der Waals surface area (Å²) in [4.78, 5) is 0. The first-order chi connectivity index (χ1) is 6.37. The molecule has 1 aromatic rings. The lowest BCUT2D eigenvalue weighted by molar-refractivity contribution is 0.508. The minimum absolute atomic E-state index is 0.0803. The summed E-state index contributed by atoms with van der Waals surface area (Å²) in [6.07, 6.45) is 1.10.